The summed E-state index contributed by atoms with van der Waals surface area (Å²) < 4.78 is 10.8. The van der Waals surface area contributed by atoms with Gasteiger partial charge in [-0.3, -0.25) is 4.79 Å². The van der Waals surface area contributed by atoms with Crippen LogP contribution in [0.2, 0.25) is 0 Å². The number of nitrogens with zero attached hydrogens (tertiary/aromatic N) is 1. The Balaban J connectivity index is 1.74. The lowest BCUT2D eigenvalue weighted by Gasteiger charge is -2.25. The molecule has 1 saturated heterocycles. The molecule has 1 unspecified atom stereocenters. The maximum absolute atomic E-state index is 12.2. The van der Waals surface area contributed by atoms with Crippen molar-refractivity contribution >= 4 is 5.91 Å². The van der Waals surface area contributed by atoms with Gasteiger partial charge in [0.05, 0.1) is 19.6 Å². The van der Waals surface area contributed by atoms with Gasteiger partial charge in [-0.15, -0.1) is 0 Å². The SMILES string of the molecule is COc1ccc(CCN(C)C(=O)CC2CCCCO2)cc1. The fraction of sp³-hybridized carbons (Fsp3) is 0.588. The van der Waals surface area contributed by atoms with Crippen LogP contribution in [0.25, 0.3) is 0 Å². The molecule has 1 atom stereocenters. The molecule has 0 aliphatic carbocycles. The number of rotatable bonds is 6. The molecule has 0 spiro atoms. The van der Waals surface area contributed by atoms with Crippen molar-refractivity contribution in [2.24, 2.45) is 0 Å². The minimum Gasteiger partial charge on any atom is -0.497 e. The van der Waals surface area contributed by atoms with Crippen LogP contribution in [0.15, 0.2) is 24.3 Å². The Hall–Kier alpha value is -1.55. The largest absolute Gasteiger partial charge is 0.497 e. The zero-order chi connectivity index (χ0) is 15.1. The highest BCUT2D eigenvalue weighted by Gasteiger charge is 2.19. The average molecular weight is 291 g/mol. The van der Waals surface area contributed by atoms with Crippen LogP contribution < -0.4 is 4.74 Å². The Bertz CT molecular complexity index is 438. The lowest BCUT2D eigenvalue weighted by Crippen LogP contribution is -2.33. The normalized spacial score (nSPS) is 18.3. The molecule has 0 saturated carbocycles. The summed E-state index contributed by atoms with van der Waals surface area (Å²) in [5, 5.41) is 0. The van der Waals surface area contributed by atoms with Crippen LogP contribution in [0, 0.1) is 0 Å². The minimum atomic E-state index is 0.120. The van der Waals surface area contributed by atoms with E-state index in [0.29, 0.717) is 6.42 Å². The van der Waals surface area contributed by atoms with Gasteiger partial charge in [-0.1, -0.05) is 12.1 Å². The van der Waals surface area contributed by atoms with Crippen molar-refractivity contribution in [2.75, 3.05) is 27.3 Å². The molecule has 0 N–H and O–H groups in total. The number of hydrogen-bond acceptors (Lipinski definition) is 3. The molecule has 1 aromatic rings. The van der Waals surface area contributed by atoms with Gasteiger partial charge in [0.15, 0.2) is 0 Å². The molecular weight excluding hydrogens is 266 g/mol. The molecule has 1 amide bonds. The molecule has 1 aromatic carbocycles. The number of benzene rings is 1. The van der Waals surface area contributed by atoms with Crippen LogP contribution in [-0.4, -0.2) is 44.2 Å². The van der Waals surface area contributed by atoms with Crippen LogP contribution in [0.3, 0.4) is 0 Å². The number of methoxy groups -OCH3 is 1. The van der Waals surface area contributed by atoms with E-state index in [1.54, 1.807) is 7.11 Å². The van der Waals surface area contributed by atoms with Gasteiger partial charge in [0.1, 0.15) is 5.75 Å². The molecule has 1 heterocycles. The molecule has 0 radical (unpaired) electrons. The van der Waals surface area contributed by atoms with Crippen molar-refractivity contribution in [1.29, 1.82) is 0 Å². The predicted octanol–water partition coefficient (Wildman–Crippen LogP) is 2.66. The summed E-state index contributed by atoms with van der Waals surface area (Å²) in [6.45, 7) is 1.53. The van der Waals surface area contributed by atoms with Gasteiger partial charge in [0, 0.05) is 20.2 Å². The summed E-state index contributed by atoms with van der Waals surface area (Å²) in [5.74, 6) is 1.04. The van der Waals surface area contributed by atoms with E-state index >= 15 is 0 Å². The zero-order valence-electron chi connectivity index (χ0n) is 13.0. The topological polar surface area (TPSA) is 38.8 Å². The summed E-state index contributed by atoms with van der Waals surface area (Å²) in [6, 6.07) is 7.99. The summed E-state index contributed by atoms with van der Waals surface area (Å²) in [4.78, 5) is 14.0. The summed E-state index contributed by atoms with van der Waals surface area (Å²) in [7, 11) is 3.53. The van der Waals surface area contributed by atoms with Gasteiger partial charge in [-0.2, -0.15) is 0 Å². The van der Waals surface area contributed by atoms with Gasteiger partial charge in [0.2, 0.25) is 5.91 Å². The van der Waals surface area contributed by atoms with E-state index in [0.717, 1.165) is 38.2 Å². The lowest BCUT2D eigenvalue weighted by atomic mass is 10.1. The number of hydrogen-bond donors (Lipinski definition) is 0. The van der Waals surface area contributed by atoms with E-state index in [1.165, 1.54) is 12.0 Å². The van der Waals surface area contributed by atoms with Gasteiger partial charge in [0.25, 0.3) is 0 Å². The van der Waals surface area contributed by atoms with Crippen molar-refractivity contribution in [2.45, 2.75) is 38.2 Å². The van der Waals surface area contributed by atoms with Gasteiger partial charge >= 0.3 is 0 Å². The number of ether oxygens (including phenoxy) is 2. The lowest BCUT2D eigenvalue weighted by molar-refractivity contribution is -0.133. The molecule has 4 nitrogen and oxygen atoms in total. The molecule has 2 rings (SSSR count). The van der Waals surface area contributed by atoms with E-state index in [4.69, 9.17) is 9.47 Å². The number of likely N-dealkylation sites (N-methyl/N-ethyl adjacent to an activating group) is 1. The highest BCUT2D eigenvalue weighted by molar-refractivity contribution is 5.76. The van der Waals surface area contributed by atoms with Crippen LogP contribution in [0.4, 0.5) is 0 Å². The van der Waals surface area contributed by atoms with Crippen molar-refractivity contribution in [3.05, 3.63) is 29.8 Å². The van der Waals surface area contributed by atoms with E-state index in [9.17, 15) is 4.79 Å². The summed E-state index contributed by atoms with van der Waals surface area (Å²) in [5.41, 5.74) is 1.21. The number of carbonyl (C=O) groups excluding carboxylic acids is 1. The minimum absolute atomic E-state index is 0.120. The first-order valence-electron chi connectivity index (χ1n) is 7.67. The Morgan fingerprint density at radius 2 is 2.10 bits per heavy atom. The Morgan fingerprint density at radius 1 is 1.33 bits per heavy atom. The smallest absolute Gasteiger partial charge is 0.224 e. The van der Waals surface area contributed by atoms with E-state index in [1.807, 2.05) is 36.2 Å². The number of carbonyl (C=O) groups is 1. The van der Waals surface area contributed by atoms with Gasteiger partial charge in [-0.25, -0.2) is 0 Å². The van der Waals surface area contributed by atoms with Crippen LogP contribution in [-0.2, 0) is 16.0 Å². The van der Waals surface area contributed by atoms with Crippen molar-refractivity contribution in [3.63, 3.8) is 0 Å². The molecule has 116 valence electrons. The van der Waals surface area contributed by atoms with Crippen molar-refractivity contribution < 1.29 is 14.3 Å². The second-order valence-corrected chi connectivity index (χ2v) is 5.61. The van der Waals surface area contributed by atoms with Crippen molar-refractivity contribution in [1.82, 2.24) is 4.90 Å². The van der Waals surface area contributed by atoms with E-state index in [-0.39, 0.29) is 12.0 Å². The van der Waals surface area contributed by atoms with Crippen LogP contribution in [0.5, 0.6) is 5.75 Å². The first-order chi connectivity index (χ1) is 10.2. The van der Waals surface area contributed by atoms with E-state index < -0.39 is 0 Å². The van der Waals surface area contributed by atoms with Crippen LogP contribution >= 0.6 is 0 Å². The Morgan fingerprint density at radius 3 is 2.71 bits per heavy atom. The maximum Gasteiger partial charge on any atom is 0.224 e. The second kappa shape index (κ2) is 8.03. The standard InChI is InChI=1S/C17H25NO3/c1-18(17(19)13-16-5-3-4-12-21-16)11-10-14-6-8-15(20-2)9-7-14/h6-9,16H,3-5,10-13H2,1-2H3. The molecule has 1 aliphatic heterocycles. The third kappa shape index (κ3) is 5.05. The first-order valence-corrected chi connectivity index (χ1v) is 7.67. The molecule has 21 heavy (non-hydrogen) atoms. The maximum atomic E-state index is 12.2. The zero-order valence-corrected chi connectivity index (χ0v) is 13.0. The fourth-order valence-electron chi connectivity index (χ4n) is 2.53. The third-order valence-electron chi connectivity index (χ3n) is 4.00. The van der Waals surface area contributed by atoms with Crippen LogP contribution in [0.1, 0.15) is 31.2 Å². The Labute approximate surface area is 127 Å². The third-order valence-corrected chi connectivity index (χ3v) is 4.00. The highest BCUT2D eigenvalue weighted by atomic mass is 16.5. The van der Waals surface area contributed by atoms with Gasteiger partial charge < -0.3 is 14.4 Å². The molecule has 0 bridgehead atoms. The summed E-state index contributed by atoms with van der Waals surface area (Å²) >= 11 is 0. The fourth-order valence-corrected chi connectivity index (χ4v) is 2.53. The number of amides is 1. The summed E-state index contributed by atoms with van der Waals surface area (Å²) in [6.07, 6.45) is 4.80. The first kappa shape index (κ1) is 15.8. The van der Waals surface area contributed by atoms with Crippen molar-refractivity contribution in [3.8, 4) is 5.75 Å². The molecule has 4 heteroatoms. The molecular formula is C17H25NO3. The molecule has 1 aliphatic rings. The van der Waals surface area contributed by atoms with Gasteiger partial charge in [-0.05, 0) is 43.4 Å². The highest BCUT2D eigenvalue weighted by Crippen LogP contribution is 2.17. The van der Waals surface area contributed by atoms with E-state index in [2.05, 4.69) is 0 Å². The quantitative estimate of drug-likeness (QED) is 0.809. The average Bonchev–Trinajstić information content (AvgIpc) is 2.54. The molecule has 1 fully saturated rings. The Kier molecular flexibility index (Phi) is 6.05. The monoisotopic (exact) mass is 291 g/mol. The molecule has 0 aromatic heterocycles. The predicted molar refractivity (Wildman–Crippen MR) is 82.5 cm³/mol. The second-order valence-electron chi connectivity index (χ2n) is 5.61.